The third kappa shape index (κ3) is 4.00. The standard InChI is InChI=1S/C19H32N2/c1-5-19(6-2)11-12-21(15-19)18-10-8-7-9-17(18)14-20-13-16(3)4/h7-10,16,20H,5-6,11-15H2,1-4H3. The van der Waals surface area contributed by atoms with Crippen molar-refractivity contribution in [3.05, 3.63) is 29.8 Å². The van der Waals surface area contributed by atoms with Gasteiger partial charge >= 0.3 is 0 Å². The zero-order chi connectivity index (χ0) is 15.3. The lowest BCUT2D eigenvalue weighted by atomic mass is 9.82. The van der Waals surface area contributed by atoms with E-state index in [0.717, 1.165) is 13.1 Å². The summed E-state index contributed by atoms with van der Waals surface area (Å²) < 4.78 is 0. The lowest BCUT2D eigenvalue weighted by Crippen LogP contribution is -2.27. The molecule has 1 heterocycles. The minimum atomic E-state index is 0.540. The van der Waals surface area contributed by atoms with E-state index in [1.54, 1.807) is 0 Å². The molecule has 1 aliphatic rings. The van der Waals surface area contributed by atoms with Crippen molar-refractivity contribution < 1.29 is 0 Å². The topological polar surface area (TPSA) is 15.3 Å². The highest BCUT2D eigenvalue weighted by Crippen LogP contribution is 2.39. The van der Waals surface area contributed by atoms with Gasteiger partial charge in [-0.25, -0.2) is 0 Å². The van der Waals surface area contributed by atoms with E-state index >= 15 is 0 Å². The summed E-state index contributed by atoms with van der Waals surface area (Å²) in [6.45, 7) is 13.7. The van der Waals surface area contributed by atoms with Gasteiger partial charge in [-0.3, -0.25) is 0 Å². The Morgan fingerprint density at radius 2 is 1.90 bits per heavy atom. The summed E-state index contributed by atoms with van der Waals surface area (Å²) in [6.07, 6.45) is 3.94. The van der Waals surface area contributed by atoms with Crippen LogP contribution in [-0.4, -0.2) is 19.6 Å². The molecule has 0 atom stereocenters. The molecule has 1 saturated heterocycles. The van der Waals surface area contributed by atoms with Crippen LogP contribution >= 0.6 is 0 Å². The van der Waals surface area contributed by atoms with E-state index in [2.05, 4.69) is 62.2 Å². The molecule has 1 N–H and O–H groups in total. The average Bonchev–Trinajstić information content (AvgIpc) is 2.92. The van der Waals surface area contributed by atoms with Crippen LogP contribution in [0.2, 0.25) is 0 Å². The lowest BCUT2D eigenvalue weighted by molar-refractivity contribution is 0.301. The minimum absolute atomic E-state index is 0.540. The second-order valence-corrected chi connectivity index (χ2v) is 7.03. The van der Waals surface area contributed by atoms with Gasteiger partial charge in [0.05, 0.1) is 0 Å². The first kappa shape index (κ1) is 16.4. The molecule has 1 aromatic carbocycles. The summed E-state index contributed by atoms with van der Waals surface area (Å²) in [6, 6.07) is 8.92. The largest absolute Gasteiger partial charge is 0.371 e. The van der Waals surface area contributed by atoms with Gasteiger partial charge in [-0.15, -0.1) is 0 Å². The fourth-order valence-electron chi connectivity index (χ4n) is 3.43. The molecule has 2 nitrogen and oxygen atoms in total. The van der Waals surface area contributed by atoms with Crippen LogP contribution in [0.25, 0.3) is 0 Å². The Morgan fingerprint density at radius 3 is 2.52 bits per heavy atom. The van der Waals surface area contributed by atoms with Crippen molar-refractivity contribution in [2.24, 2.45) is 11.3 Å². The Morgan fingerprint density at radius 1 is 1.19 bits per heavy atom. The van der Waals surface area contributed by atoms with Gasteiger partial charge in [-0.2, -0.15) is 0 Å². The summed E-state index contributed by atoms with van der Waals surface area (Å²) >= 11 is 0. The van der Waals surface area contributed by atoms with E-state index in [1.165, 1.54) is 43.6 Å². The second kappa shape index (κ2) is 7.31. The maximum absolute atomic E-state index is 3.59. The molecule has 21 heavy (non-hydrogen) atoms. The zero-order valence-electron chi connectivity index (χ0n) is 14.3. The molecule has 0 amide bonds. The van der Waals surface area contributed by atoms with Crippen LogP contribution in [-0.2, 0) is 6.54 Å². The first-order valence-electron chi connectivity index (χ1n) is 8.64. The average molecular weight is 288 g/mol. The molecule has 118 valence electrons. The molecule has 0 bridgehead atoms. The maximum Gasteiger partial charge on any atom is 0.0412 e. The van der Waals surface area contributed by atoms with Crippen molar-refractivity contribution in [2.75, 3.05) is 24.5 Å². The predicted molar refractivity (Wildman–Crippen MR) is 92.8 cm³/mol. The fourth-order valence-corrected chi connectivity index (χ4v) is 3.43. The molecule has 0 aromatic heterocycles. The quantitative estimate of drug-likeness (QED) is 0.797. The number of benzene rings is 1. The third-order valence-corrected chi connectivity index (χ3v) is 5.14. The van der Waals surface area contributed by atoms with Crippen molar-refractivity contribution in [3.8, 4) is 0 Å². The minimum Gasteiger partial charge on any atom is -0.371 e. The van der Waals surface area contributed by atoms with E-state index in [4.69, 9.17) is 0 Å². The number of para-hydroxylation sites is 1. The van der Waals surface area contributed by atoms with Crippen LogP contribution in [0.3, 0.4) is 0 Å². The van der Waals surface area contributed by atoms with E-state index in [9.17, 15) is 0 Å². The molecule has 2 rings (SSSR count). The predicted octanol–water partition coefficient (Wildman–Crippen LogP) is 4.45. The van der Waals surface area contributed by atoms with Gasteiger partial charge in [0.1, 0.15) is 0 Å². The Balaban J connectivity index is 2.06. The van der Waals surface area contributed by atoms with Crippen LogP contribution in [0.15, 0.2) is 24.3 Å². The van der Waals surface area contributed by atoms with Crippen LogP contribution in [0.4, 0.5) is 5.69 Å². The molecular formula is C19H32N2. The van der Waals surface area contributed by atoms with Gasteiger partial charge in [0.2, 0.25) is 0 Å². The normalized spacial score (nSPS) is 17.7. The highest BCUT2D eigenvalue weighted by atomic mass is 15.2. The Kier molecular flexibility index (Phi) is 5.69. The number of hydrogen-bond acceptors (Lipinski definition) is 2. The summed E-state index contributed by atoms with van der Waals surface area (Å²) in [5, 5.41) is 3.59. The van der Waals surface area contributed by atoms with Gasteiger partial charge in [-0.1, -0.05) is 45.9 Å². The van der Waals surface area contributed by atoms with E-state index in [1.807, 2.05) is 0 Å². The van der Waals surface area contributed by atoms with Crippen molar-refractivity contribution in [2.45, 2.75) is 53.5 Å². The Bertz CT molecular complexity index is 435. The lowest BCUT2D eigenvalue weighted by Gasteiger charge is -2.28. The SMILES string of the molecule is CCC1(CC)CCN(c2ccccc2CNCC(C)C)C1. The molecule has 0 unspecified atom stereocenters. The van der Waals surface area contributed by atoms with E-state index in [0.29, 0.717) is 11.3 Å². The Labute approximate surface area is 130 Å². The summed E-state index contributed by atoms with van der Waals surface area (Å²) in [4.78, 5) is 2.61. The van der Waals surface area contributed by atoms with Crippen molar-refractivity contribution in [1.82, 2.24) is 5.32 Å². The molecule has 2 heteroatoms. The van der Waals surface area contributed by atoms with Gasteiger partial charge in [0, 0.05) is 25.3 Å². The van der Waals surface area contributed by atoms with Crippen LogP contribution in [0, 0.1) is 11.3 Å². The third-order valence-electron chi connectivity index (χ3n) is 5.14. The zero-order valence-corrected chi connectivity index (χ0v) is 14.3. The summed E-state index contributed by atoms with van der Waals surface area (Å²) in [7, 11) is 0. The van der Waals surface area contributed by atoms with Crippen molar-refractivity contribution in [1.29, 1.82) is 0 Å². The molecule has 0 spiro atoms. The van der Waals surface area contributed by atoms with E-state index in [-0.39, 0.29) is 0 Å². The molecule has 0 saturated carbocycles. The number of nitrogens with one attached hydrogen (secondary N) is 1. The molecule has 1 aliphatic heterocycles. The van der Waals surface area contributed by atoms with Gasteiger partial charge in [0.25, 0.3) is 0 Å². The highest BCUT2D eigenvalue weighted by molar-refractivity contribution is 5.54. The fraction of sp³-hybridized carbons (Fsp3) is 0.684. The molecule has 0 aliphatic carbocycles. The first-order valence-corrected chi connectivity index (χ1v) is 8.64. The Hall–Kier alpha value is -1.02. The summed E-state index contributed by atoms with van der Waals surface area (Å²) in [5.74, 6) is 0.705. The van der Waals surface area contributed by atoms with E-state index < -0.39 is 0 Å². The number of nitrogens with zero attached hydrogens (tertiary/aromatic N) is 1. The van der Waals surface area contributed by atoms with Crippen molar-refractivity contribution >= 4 is 5.69 Å². The van der Waals surface area contributed by atoms with Crippen molar-refractivity contribution in [3.63, 3.8) is 0 Å². The monoisotopic (exact) mass is 288 g/mol. The molecular weight excluding hydrogens is 256 g/mol. The number of hydrogen-bond donors (Lipinski definition) is 1. The smallest absolute Gasteiger partial charge is 0.0412 e. The summed E-state index contributed by atoms with van der Waals surface area (Å²) in [5.41, 5.74) is 3.43. The molecule has 1 aromatic rings. The highest BCUT2D eigenvalue weighted by Gasteiger charge is 2.35. The van der Waals surface area contributed by atoms with Gasteiger partial charge < -0.3 is 10.2 Å². The van der Waals surface area contributed by atoms with Gasteiger partial charge in [0.15, 0.2) is 0 Å². The molecule has 0 radical (unpaired) electrons. The van der Waals surface area contributed by atoms with Crippen LogP contribution in [0.1, 0.15) is 52.5 Å². The maximum atomic E-state index is 3.59. The molecule has 1 fully saturated rings. The van der Waals surface area contributed by atoms with Gasteiger partial charge in [-0.05, 0) is 48.8 Å². The van der Waals surface area contributed by atoms with Crippen LogP contribution < -0.4 is 10.2 Å². The first-order chi connectivity index (χ1) is 10.1. The number of rotatable bonds is 7. The second-order valence-electron chi connectivity index (χ2n) is 7.03. The number of anilines is 1. The van der Waals surface area contributed by atoms with Crippen LogP contribution in [0.5, 0.6) is 0 Å².